The van der Waals surface area contributed by atoms with Crippen molar-refractivity contribution in [2.24, 2.45) is 0 Å². The molecule has 0 spiro atoms. The van der Waals surface area contributed by atoms with E-state index in [0.717, 1.165) is 24.8 Å². The van der Waals surface area contributed by atoms with E-state index in [2.05, 4.69) is 5.10 Å². The normalized spacial score (nSPS) is 17.5. The van der Waals surface area contributed by atoms with Crippen molar-refractivity contribution in [3.63, 3.8) is 0 Å². The highest BCUT2D eigenvalue weighted by molar-refractivity contribution is 6.31. The van der Waals surface area contributed by atoms with Gasteiger partial charge in [-0.2, -0.15) is 18.3 Å². The molecule has 2 aromatic rings. The lowest BCUT2D eigenvalue weighted by Gasteiger charge is -2.18. The van der Waals surface area contributed by atoms with Gasteiger partial charge in [-0.05, 0) is 49.8 Å². The molecule has 8 heteroatoms. The molecule has 2 heterocycles. The Morgan fingerprint density at radius 3 is 2.56 bits per heavy atom. The maximum absolute atomic E-state index is 13.4. The second kappa shape index (κ2) is 6.86. The summed E-state index contributed by atoms with van der Waals surface area (Å²) in [6.45, 7) is 1.13. The number of rotatable bonds is 3. The quantitative estimate of drug-likeness (QED) is 0.762. The lowest BCUT2D eigenvalue weighted by atomic mass is 9.95. The lowest BCUT2D eigenvalue weighted by molar-refractivity contribution is -0.142. The molecule has 0 bridgehead atoms. The zero-order valence-corrected chi connectivity index (χ0v) is 15.4. The fourth-order valence-corrected chi connectivity index (χ4v) is 4.15. The molecule has 2 aliphatic rings. The van der Waals surface area contributed by atoms with Crippen LogP contribution >= 0.6 is 11.6 Å². The molecule has 1 aromatic carbocycles. The highest BCUT2D eigenvalue weighted by Gasteiger charge is 2.39. The van der Waals surface area contributed by atoms with Crippen LogP contribution < -0.4 is 0 Å². The highest BCUT2D eigenvalue weighted by Crippen LogP contribution is 2.37. The number of hydrogen-bond donors (Lipinski definition) is 0. The highest BCUT2D eigenvalue weighted by atomic mass is 35.5. The number of fused-ring (bicyclic) bond motifs is 1. The lowest BCUT2D eigenvalue weighted by Crippen LogP contribution is -2.24. The number of likely N-dealkylation sites (tertiary alicyclic amines) is 1. The molecule has 0 unspecified atom stereocenters. The minimum atomic E-state index is -4.47. The Balaban J connectivity index is 1.69. The number of aromatic nitrogens is 2. The Hall–Kier alpha value is -2.02. The number of carbonyl (C=O) groups is 1. The number of hydrogen-bond acceptors (Lipinski definition) is 2. The maximum Gasteiger partial charge on any atom is 0.435 e. The topological polar surface area (TPSA) is 38.1 Å². The number of alkyl halides is 3. The molecule has 0 atom stereocenters. The van der Waals surface area contributed by atoms with Gasteiger partial charge in [-0.1, -0.05) is 17.7 Å². The van der Waals surface area contributed by atoms with Crippen molar-refractivity contribution >= 4 is 17.5 Å². The van der Waals surface area contributed by atoms with Crippen LogP contribution in [0.25, 0.3) is 5.69 Å². The van der Waals surface area contributed by atoms with Crippen molar-refractivity contribution in [1.29, 1.82) is 0 Å². The Labute approximate surface area is 159 Å². The van der Waals surface area contributed by atoms with Gasteiger partial charge in [0.1, 0.15) is 0 Å². The summed E-state index contributed by atoms with van der Waals surface area (Å²) in [4.78, 5) is 13.5. The Morgan fingerprint density at radius 1 is 1.11 bits per heavy atom. The molecule has 0 saturated carbocycles. The molecule has 1 aliphatic heterocycles. The number of nitrogens with zero attached hydrogens (tertiary/aromatic N) is 3. The number of carbonyl (C=O) groups excluding carboxylic acids is 1. The first-order chi connectivity index (χ1) is 12.8. The van der Waals surface area contributed by atoms with Gasteiger partial charge in [0.25, 0.3) is 0 Å². The van der Waals surface area contributed by atoms with Crippen LogP contribution in [0.2, 0.25) is 5.02 Å². The third kappa shape index (κ3) is 3.45. The Bertz CT molecular complexity index is 891. The minimum absolute atomic E-state index is 0.103. The molecule has 0 radical (unpaired) electrons. The molecule has 1 saturated heterocycles. The van der Waals surface area contributed by atoms with Crippen molar-refractivity contribution in [2.75, 3.05) is 6.54 Å². The SMILES string of the molecule is O=C1CCCN1Cc1ccc(-n2nc(C(F)(F)F)c3c2CCCC3)cc1Cl. The fourth-order valence-electron chi connectivity index (χ4n) is 3.91. The molecular formula is C19H19ClF3N3O. The average Bonchev–Trinajstić information content (AvgIpc) is 3.20. The standard InChI is InChI=1S/C19H19ClF3N3O/c20-15-10-13(8-7-12(15)11-25-9-3-6-17(25)27)26-16-5-2-1-4-14(16)18(24-26)19(21,22)23/h7-8,10H,1-6,9,11H2. The predicted molar refractivity (Wildman–Crippen MR) is 94.9 cm³/mol. The fraction of sp³-hybridized carbons (Fsp3) is 0.474. The van der Waals surface area contributed by atoms with E-state index < -0.39 is 11.9 Å². The van der Waals surface area contributed by atoms with Gasteiger partial charge in [-0.15, -0.1) is 0 Å². The van der Waals surface area contributed by atoms with Crippen LogP contribution in [0.5, 0.6) is 0 Å². The van der Waals surface area contributed by atoms with Crippen LogP contribution in [0, 0.1) is 0 Å². The van der Waals surface area contributed by atoms with Crippen molar-refractivity contribution in [2.45, 2.75) is 51.2 Å². The summed E-state index contributed by atoms with van der Waals surface area (Å²) in [6.07, 6.45) is -0.520. The van der Waals surface area contributed by atoms with Gasteiger partial charge in [0.15, 0.2) is 5.69 Å². The third-order valence-electron chi connectivity index (χ3n) is 5.26. The molecule has 1 aromatic heterocycles. The molecule has 1 fully saturated rings. The van der Waals surface area contributed by atoms with Gasteiger partial charge in [-0.25, -0.2) is 4.68 Å². The molecule has 4 nitrogen and oxygen atoms in total. The predicted octanol–water partition coefficient (Wildman–Crippen LogP) is 4.55. The first-order valence-electron chi connectivity index (χ1n) is 9.09. The third-order valence-corrected chi connectivity index (χ3v) is 5.61. The van der Waals surface area contributed by atoms with E-state index in [1.807, 2.05) is 0 Å². The average molecular weight is 398 g/mol. The van der Waals surface area contributed by atoms with Gasteiger partial charge in [0.2, 0.25) is 5.91 Å². The van der Waals surface area contributed by atoms with Crippen molar-refractivity contribution in [3.05, 3.63) is 45.7 Å². The van der Waals surface area contributed by atoms with E-state index in [9.17, 15) is 18.0 Å². The summed E-state index contributed by atoms with van der Waals surface area (Å²) in [7, 11) is 0. The number of amides is 1. The van der Waals surface area contributed by atoms with Crippen LogP contribution in [0.15, 0.2) is 18.2 Å². The number of benzene rings is 1. The van der Waals surface area contributed by atoms with Crippen LogP contribution in [0.3, 0.4) is 0 Å². The van der Waals surface area contributed by atoms with E-state index >= 15 is 0 Å². The maximum atomic E-state index is 13.4. The summed E-state index contributed by atoms with van der Waals surface area (Å²) >= 11 is 6.38. The second-order valence-electron chi connectivity index (χ2n) is 7.09. The van der Waals surface area contributed by atoms with Gasteiger partial charge in [-0.3, -0.25) is 4.79 Å². The first-order valence-corrected chi connectivity index (χ1v) is 9.47. The summed E-state index contributed by atoms with van der Waals surface area (Å²) in [5.41, 5.74) is 1.43. The van der Waals surface area contributed by atoms with Crippen LogP contribution in [-0.2, 0) is 30.4 Å². The molecule has 4 rings (SSSR count). The number of halogens is 4. The molecule has 1 aliphatic carbocycles. The first kappa shape index (κ1) is 18.3. The summed E-state index contributed by atoms with van der Waals surface area (Å²) < 4.78 is 41.5. The summed E-state index contributed by atoms with van der Waals surface area (Å²) in [5.74, 6) is 0.103. The molecule has 144 valence electrons. The largest absolute Gasteiger partial charge is 0.435 e. The Kier molecular flexibility index (Phi) is 4.66. The van der Waals surface area contributed by atoms with Crippen LogP contribution in [0.1, 0.15) is 48.2 Å². The monoisotopic (exact) mass is 397 g/mol. The zero-order chi connectivity index (χ0) is 19.2. The zero-order valence-electron chi connectivity index (χ0n) is 14.7. The molecular weight excluding hydrogens is 379 g/mol. The van der Waals surface area contributed by atoms with E-state index in [-0.39, 0.29) is 5.91 Å². The van der Waals surface area contributed by atoms with Crippen molar-refractivity contribution < 1.29 is 18.0 Å². The van der Waals surface area contributed by atoms with Gasteiger partial charge in [0.05, 0.1) is 5.69 Å². The Morgan fingerprint density at radius 2 is 1.89 bits per heavy atom. The molecule has 27 heavy (non-hydrogen) atoms. The van der Waals surface area contributed by atoms with E-state index in [1.165, 1.54) is 4.68 Å². The second-order valence-corrected chi connectivity index (χ2v) is 7.49. The summed E-state index contributed by atoms with van der Waals surface area (Å²) in [5, 5.41) is 4.32. The van der Waals surface area contributed by atoms with Crippen LogP contribution in [0.4, 0.5) is 13.2 Å². The van der Waals surface area contributed by atoms with Crippen molar-refractivity contribution in [3.8, 4) is 5.69 Å². The van der Waals surface area contributed by atoms with Gasteiger partial charge >= 0.3 is 6.18 Å². The van der Waals surface area contributed by atoms with Crippen LogP contribution in [-0.4, -0.2) is 27.1 Å². The van der Waals surface area contributed by atoms with Gasteiger partial charge in [0, 0.05) is 35.8 Å². The van der Waals surface area contributed by atoms with E-state index in [1.54, 1.807) is 23.1 Å². The molecule has 1 amide bonds. The summed E-state index contributed by atoms with van der Waals surface area (Å²) in [6, 6.07) is 5.14. The molecule has 0 N–H and O–H groups in total. The van der Waals surface area contributed by atoms with E-state index in [4.69, 9.17) is 11.6 Å². The van der Waals surface area contributed by atoms with E-state index in [0.29, 0.717) is 54.3 Å². The minimum Gasteiger partial charge on any atom is -0.338 e. The van der Waals surface area contributed by atoms with Crippen molar-refractivity contribution in [1.82, 2.24) is 14.7 Å². The smallest absolute Gasteiger partial charge is 0.338 e. The van der Waals surface area contributed by atoms with Gasteiger partial charge < -0.3 is 4.90 Å².